The molecule has 2 aliphatic rings. The van der Waals surface area contributed by atoms with Crippen LogP contribution in [0.5, 0.6) is 11.5 Å². The lowest BCUT2D eigenvalue weighted by molar-refractivity contribution is 0.0930. The van der Waals surface area contributed by atoms with Gasteiger partial charge in [0.2, 0.25) is 6.79 Å². The summed E-state index contributed by atoms with van der Waals surface area (Å²) >= 11 is 0. The van der Waals surface area contributed by atoms with Gasteiger partial charge in [0.05, 0.1) is 11.1 Å². The van der Waals surface area contributed by atoms with Gasteiger partial charge in [0.15, 0.2) is 11.5 Å². The zero-order valence-corrected chi connectivity index (χ0v) is 14.6. The molecule has 1 aliphatic carbocycles. The average Bonchev–Trinajstić information content (AvgIpc) is 3.35. The van der Waals surface area contributed by atoms with E-state index in [2.05, 4.69) is 22.4 Å². The van der Waals surface area contributed by atoms with Crippen molar-refractivity contribution in [2.24, 2.45) is 0 Å². The second kappa shape index (κ2) is 6.13. The lowest BCUT2D eigenvalue weighted by Gasteiger charge is -2.18. The topological polar surface area (TPSA) is 60.5 Å². The summed E-state index contributed by atoms with van der Waals surface area (Å²) in [6, 6.07) is 17.7. The van der Waals surface area contributed by atoms with Gasteiger partial charge < -0.3 is 14.8 Å². The van der Waals surface area contributed by atoms with E-state index < -0.39 is 0 Å². The van der Waals surface area contributed by atoms with Crippen LogP contribution in [0.25, 0.3) is 11.1 Å². The van der Waals surface area contributed by atoms with Gasteiger partial charge in [0, 0.05) is 18.0 Å². The SMILES string of the molecule is O=C(NC1(c2ccccc2)CC1)c1cncc(-c2ccc3c(c2)OCO3)c1. The molecule has 0 atom stereocenters. The highest BCUT2D eigenvalue weighted by Gasteiger charge is 2.45. The number of ether oxygens (including phenoxy) is 2. The van der Waals surface area contributed by atoms with Crippen LogP contribution in [0.15, 0.2) is 67.0 Å². The third-order valence-corrected chi connectivity index (χ3v) is 5.14. The van der Waals surface area contributed by atoms with Crippen molar-refractivity contribution in [3.8, 4) is 22.6 Å². The summed E-state index contributed by atoms with van der Waals surface area (Å²) in [5.41, 5.74) is 3.26. The molecule has 1 fully saturated rings. The van der Waals surface area contributed by atoms with E-state index in [0.717, 1.165) is 35.3 Å². The van der Waals surface area contributed by atoms with Crippen molar-refractivity contribution >= 4 is 5.91 Å². The molecule has 1 saturated carbocycles. The van der Waals surface area contributed by atoms with Crippen LogP contribution in [0, 0.1) is 0 Å². The van der Waals surface area contributed by atoms with Gasteiger partial charge in [-0.25, -0.2) is 0 Å². The first kappa shape index (κ1) is 15.9. The molecule has 2 heterocycles. The number of rotatable bonds is 4. The van der Waals surface area contributed by atoms with E-state index in [1.807, 2.05) is 42.5 Å². The Bertz CT molecular complexity index is 1010. The number of nitrogens with one attached hydrogen (secondary N) is 1. The summed E-state index contributed by atoms with van der Waals surface area (Å²) in [5.74, 6) is 1.34. The second-order valence-corrected chi connectivity index (χ2v) is 6.93. The quantitative estimate of drug-likeness (QED) is 0.768. The molecule has 27 heavy (non-hydrogen) atoms. The van der Waals surface area contributed by atoms with Gasteiger partial charge in [-0.15, -0.1) is 0 Å². The van der Waals surface area contributed by atoms with E-state index in [1.165, 1.54) is 0 Å². The summed E-state index contributed by atoms with van der Waals surface area (Å²) in [5, 5.41) is 3.20. The monoisotopic (exact) mass is 358 g/mol. The Hall–Kier alpha value is -3.34. The predicted molar refractivity (Wildman–Crippen MR) is 101 cm³/mol. The summed E-state index contributed by atoms with van der Waals surface area (Å²) in [4.78, 5) is 17.1. The lowest BCUT2D eigenvalue weighted by Crippen LogP contribution is -2.34. The fourth-order valence-electron chi connectivity index (χ4n) is 3.46. The normalized spacial score (nSPS) is 16.0. The maximum absolute atomic E-state index is 12.8. The van der Waals surface area contributed by atoms with Gasteiger partial charge in [-0.1, -0.05) is 36.4 Å². The maximum Gasteiger partial charge on any atom is 0.253 e. The largest absolute Gasteiger partial charge is 0.454 e. The van der Waals surface area contributed by atoms with Gasteiger partial charge >= 0.3 is 0 Å². The van der Waals surface area contributed by atoms with Crippen molar-refractivity contribution in [2.75, 3.05) is 6.79 Å². The van der Waals surface area contributed by atoms with E-state index in [-0.39, 0.29) is 18.2 Å². The highest BCUT2D eigenvalue weighted by Crippen LogP contribution is 2.45. The number of pyridine rings is 1. The Labute approximate surface area is 157 Å². The molecule has 1 amide bonds. The first-order valence-corrected chi connectivity index (χ1v) is 8.97. The highest BCUT2D eigenvalue weighted by atomic mass is 16.7. The van der Waals surface area contributed by atoms with Crippen molar-refractivity contribution in [1.29, 1.82) is 0 Å². The Balaban J connectivity index is 1.40. The maximum atomic E-state index is 12.8. The summed E-state index contributed by atoms with van der Waals surface area (Å²) in [6.07, 6.45) is 5.27. The number of hydrogen-bond acceptors (Lipinski definition) is 4. The Morgan fingerprint density at radius 2 is 1.74 bits per heavy atom. The minimum absolute atomic E-state index is 0.105. The first-order valence-electron chi connectivity index (χ1n) is 8.97. The standard InChI is InChI=1S/C22H18N2O3/c25-21(24-22(8-9-22)18-4-2-1-3-5-18)17-10-16(12-23-13-17)15-6-7-19-20(11-15)27-14-26-19/h1-7,10-13H,8-9,14H2,(H,24,25). The molecule has 0 saturated heterocycles. The van der Waals surface area contributed by atoms with Crippen LogP contribution in [-0.4, -0.2) is 17.7 Å². The number of benzene rings is 2. The minimum Gasteiger partial charge on any atom is -0.454 e. The van der Waals surface area contributed by atoms with E-state index >= 15 is 0 Å². The van der Waals surface area contributed by atoms with Gasteiger partial charge in [0.25, 0.3) is 5.91 Å². The van der Waals surface area contributed by atoms with Crippen LogP contribution in [0.3, 0.4) is 0 Å². The number of fused-ring (bicyclic) bond motifs is 1. The molecular formula is C22H18N2O3. The van der Waals surface area contributed by atoms with Gasteiger partial charge in [-0.05, 0) is 42.2 Å². The molecule has 0 spiro atoms. The van der Waals surface area contributed by atoms with Crippen LogP contribution < -0.4 is 14.8 Å². The second-order valence-electron chi connectivity index (χ2n) is 6.93. The Morgan fingerprint density at radius 1 is 0.926 bits per heavy atom. The molecule has 0 bridgehead atoms. The zero-order valence-electron chi connectivity index (χ0n) is 14.6. The molecule has 0 unspecified atom stereocenters. The van der Waals surface area contributed by atoms with Crippen molar-refractivity contribution in [1.82, 2.24) is 10.3 Å². The van der Waals surface area contributed by atoms with Crippen molar-refractivity contribution in [3.63, 3.8) is 0 Å². The van der Waals surface area contributed by atoms with Crippen LogP contribution in [-0.2, 0) is 5.54 Å². The number of nitrogens with zero attached hydrogens (tertiary/aromatic N) is 1. The molecule has 1 N–H and O–H groups in total. The molecule has 5 rings (SSSR count). The third-order valence-electron chi connectivity index (χ3n) is 5.14. The van der Waals surface area contributed by atoms with Crippen LogP contribution in [0.1, 0.15) is 28.8 Å². The van der Waals surface area contributed by atoms with Gasteiger partial charge in [0.1, 0.15) is 0 Å². The number of amides is 1. The van der Waals surface area contributed by atoms with Crippen molar-refractivity contribution in [3.05, 3.63) is 78.1 Å². The molecule has 5 nitrogen and oxygen atoms in total. The summed E-state index contributed by atoms with van der Waals surface area (Å²) in [7, 11) is 0. The van der Waals surface area contributed by atoms with E-state index in [4.69, 9.17) is 9.47 Å². The fourth-order valence-corrected chi connectivity index (χ4v) is 3.46. The third kappa shape index (κ3) is 2.91. The molecule has 0 radical (unpaired) electrons. The first-order chi connectivity index (χ1) is 13.2. The molecule has 3 aromatic rings. The fraction of sp³-hybridized carbons (Fsp3) is 0.182. The van der Waals surface area contributed by atoms with E-state index in [1.54, 1.807) is 12.4 Å². The number of hydrogen-bond donors (Lipinski definition) is 1. The summed E-state index contributed by atoms with van der Waals surface area (Å²) in [6.45, 7) is 0.237. The van der Waals surface area contributed by atoms with Crippen LogP contribution >= 0.6 is 0 Å². The van der Waals surface area contributed by atoms with E-state index in [0.29, 0.717) is 11.3 Å². The molecule has 1 aromatic heterocycles. The van der Waals surface area contributed by atoms with Crippen molar-refractivity contribution < 1.29 is 14.3 Å². The Kier molecular flexibility index (Phi) is 3.60. The smallest absolute Gasteiger partial charge is 0.253 e. The molecule has 5 heteroatoms. The van der Waals surface area contributed by atoms with Crippen molar-refractivity contribution in [2.45, 2.75) is 18.4 Å². The molecule has 134 valence electrons. The molecule has 2 aromatic carbocycles. The van der Waals surface area contributed by atoms with Gasteiger partial charge in [-0.3, -0.25) is 9.78 Å². The summed E-state index contributed by atoms with van der Waals surface area (Å²) < 4.78 is 10.8. The lowest BCUT2D eigenvalue weighted by atomic mass is 10.0. The minimum atomic E-state index is -0.243. The predicted octanol–water partition coefficient (Wildman–Crippen LogP) is 3.90. The number of aromatic nitrogens is 1. The van der Waals surface area contributed by atoms with Crippen LogP contribution in [0.2, 0.25) is 0 Å². The molecular weight excluding hydrogens is 340 g/mol. The molecule has 1 aliphatic heterocycles. The van der Waals surface area contributed by atoms with Gasteiger partial charge in [-0.2, -0.15) is 0 Å². The van der Waals surface area contributed by atoms with E-state index in [9.17, 15) is 4.79 Å². The Morgan fingerprint density at radius 3 is 2.56 bits per heavy atom. The number of carbonyl (C=O) groups excluding carboxylic acids is 1. The zero-order chi connectivity index (χ0) is 18.3. The highest BCUT2D eigenvalue weighted by molar-refractivity contribution is 5.96. The van der Waals surface area contributed by atoms with Crippen LogP contribution in [0.4, 0.5) is 0 Å². The average molecular weight is 358 g/mol. The number of carbonyl (C=O) groups is 1.